The van der Waals surface area contributed by atoms with Crippen LogP contribution in [0, 0.1) is 0 Å². The standard InChI is InChI=1S/C8H13O2.BrH.Mg/c1-2-4-8(5-3-1)9-6-7-10-8;;/h1H,2-7H2;1H;/q;;+1/p-1. The van der Waals surface area contributed by atoms with Crippen LogP contribution in [0.1, 0.15) is 25.7 Å². The molecule has 2 aliphatic rings. The molecule has 0 amide bonds. The smallest absolute Gasteiger partial charge is 0.348 e. The van der Waals surface area contributed by atoms with E-state index in [1.807, 2.05) is 0 Å². The van der Waals surface area contributed by atoms with Crippen molar-refractivity contribution < 1.29 is 9.47 Å². The summed E-state index contributed by atoms with van der Waals surface area (Å²) in [5, 5.41) is 0. The average Bonchev–Trinajstić information content (AvgIpc) is 2.55. The molecule has 0 aromatic rings. The molecule has 0 bridgehead atoms. The predicted molar refractivity (Wildman–Crippen MR) is 51.5 cm³/mol. The molecular formula is C8H13BrMgO2. The maximum Gasteiger partial charge on any atom is 0.471 e. The molecule has 1 aliphatic carbocycles. The predicted octanol–water partition coefficient (Wildman–Crippen LogP) is 2.11. The zero-order chi connectivity index (χ0) is 8.44. The first-order valence-electron chi connectivity index (χ1n) is 4.68. The van der Waals surface area contributed by atoms with Crippen molar-refractivity contribution >= 4 is 31.1 Å². The van der Waals surface area contributed by atoms with E-state index in [2.05, 4.69) is 12.9 Å². The molecule has 1 spiro atoms. The highest BCUT2D eigenvalue weighted by Crippen LogP contribution is 2.40. The lowest BCUT2D eigenvalue weighted by atomic mass is 9.93. The fourth-order valence-corrected chi connectivity index (χ4v) is 4.72. The summed E-state index contributed by atoms with van der Waals surface area (Å²) in [6, 6.07) is 0. The minimum absolute atomic E-state index is 0.0261. The fraction of sp³-hybridized carbons (Fsp3) is 1.00. The summed E-state index contributed by atoms with van der Waals surface area (Å²) < 4.78 is 12.3. The van der Waals surface area contributed by atoms with E-state index >= 15 is 0 Å². The molecule has 4 heteroatoms. The molecule has 2 fully saturated rings. The van der Waals surface area contributed by atoms with Crippen LogP contribution in [0.4, 0.5) is 0 Å². The third-order valence-corrected chi connectivity index (χ3v) is 6.90. The normalized spacial score (nSPS) is 29.1. The molecule has 0 atom stereocenters. The van der Waals surface area contributed by atoms with Crippen molar-refractivity contribution in [2.24, 2.45) is 0 Å². The summed E-state index contributed by atoms with van der Waals surface area (Å²) in [6.07, 6.45) is 4.85. The fourth-order valence-electron chi connectivity index (χ4n) is 2.06. The van der Waals surface area contributed by atoms with Gasteiger partial charge in [0.15, 0.2) is 5.79 Å². The van der Waals surface area contributed by atoms with Crippen molar-refractivity contribution in [3.63, 3.8) is 0 Å². The minimum atomic E-state index is -0.146. The maximum absolute atomic E-state index is 5.65. The Labute approximate surface area is 89.0 Å². The van der Waals surface area contributed by atoms with E-state index in [1.165, 1.54) is 12.8 Å². The minimum Gasteiger partial charge on any atom is -0.348 e. The molecular weight excluding hydrogens is 232 g/mol. The molecule has 1 saturated heterocycles. The Kier molecular flexibility index (Phi) is 3.34. The Morgan fingerprint density at radius 2 is 1.75 bits per heavy atom. The second-order valence-corrected chi connectivity index (χ2v) is 7.11. The van der Waals surface area contributed by atoms with Crippen molar-refractivity contribution in [3.8, 4) is 0 Å². The van der Waals surface area contributed by atoms with Crippen LogP contribution in [-0.2, 0) is 9.47 Å². The number of halogens is 1. The molecule has 0 aromatic carbocycles. The first-order valence-corrected chi connectivity index (χ1v) is 9.40. The Hall–Kier alpha value is 1.17. The Morgan fingerprint density at radius 3 is 2.25 bits per heavy atom. The monoisotopic (exact) mass is 244 g/mol. The summed E-state index contributed by atoms with van der Waals surface area (Å²) in [7, 11) is 0. The van der Waals surface area contributed by atoms with Gasteiger partial charge in [0.2, 0.25) is 0 Å². The second kappa shape index (κ2) is 4.13. The molecule has 1 saturated carbocycles. The topological polar surface area (TPSA) is 18.5 Å². The van der Waals surface area contributed by atoms with Gasteiger partial charge in [0.1, 0.15) is 0 Å². The first kappa shape index (κ1) is 9.71. The van der Waals surface area contributed by atoms with E-state index in [0.717, 1.165) is 30.1 Å². The van der Waals surface area contributed by atoms with E-state index in [9.17, 15) is 0 Å². The highest BCUT2D eigenvalue weighted by molar-refractivity contribution is 9.23. The van der Waals surface area contributed by atoms with E-state index in [0.29, 0.717) is 0 Å². The van der Waals surface area contributed by atoms with Gasteiger partial charge in [-0.15, -0.1) is 4.05 Å². The summed E-state index contributed by atoms with van der Waals surface area (Å²) in [5.74, 6) is -0.146. The summed E-state index contributed by atoms with van der Waals surface area (Å²) in [5.41, 5.74) is 0. The lowest BCUT2D eigenvalue weighted by Gasteiger charge is -2.34. The van der Waals surface area contributed by atoms with Crippen LogP contribution in [-0.4, -0.2) is 37.2 Å². The Bertz CT molecular complexity index is 149. The molecule has 1 heterocycles. The number of hydrogen-bond acceptors (Lipinski definition) is 2. The van der Waals surface area contributed by atoms with Crippen LogP contribution in [0.3, 0.4) is 0 Å². The zero-order valence-corrected chi connectivity index (χ0v) is 10.2. The van der Waals surface area contributed by atoms with E-state index in [-0.39, 0.29) is 24.0 Å². The number of ether oxygens (including phenoxy) is 2. The zero-order valence-electron chi connectivity index (χ0n) is 7.22. The van der Waals surface area contributed by atoms with Gasteiger partial charge in [0.05, 0.1) is 13.2 Å². The van der Waals surface area contributed by atoms with E-state index < -0.39 is 0 Å². The van der Waals surface area contributed by atoms with Crippen molar-refractivity contribution in [1.82, 2.24) is 0 Å². The summed E-state index contributed by atoms with van der Waals surface area (Å²) in [6.45, 7) is 1.60. The van der Waals surface area contributed by atoms with Crippen molar-refractivity contribution in [1.29, 1.82) is 0 Å². The lowest BCUT2D eigenvalue weighted by Crippen LogP contribution is -2.34. The van der Waals surface area contributed by atoms with Crippen LogP contribution in [0.5, 0.6) is 0 Å². The molecule has 0 unspecified atom stereocenters. The van der Waals surface area contributed by atoms with Crippen LogP contribution in [0.2, 0.25) is 4.05 Å². The van der Waals surface area contributed by atoms with Gasteiger partial charge < -0.3 is 22.4 Å². The van der Waals surface area contributed by atoms with Gasteiger partial charge in [-0.1, -0.05) is 12.8 Å². The lowest BCUT2D eigenvalue weighted by molar-refractivity contribution is -0.176. The van der Waals surface area contributed by atoms with Crippen LogP contribution < -0.4 is 0 Å². The quantitative estimate of drug-likeness (QED) is 0.659. The van der Waals surface area contributed by atoms with E-state index in [1.54, 1.807) is 0 Å². The molecule has 1 aliphatic heterocycles. The molecule has 2 nitrogen and oxygen atoms in total. The van der Waals surface area contributed by atoms with Crippen LogP contribution >= 0.6 is 12.9 Å². The van der Waals surface area contributed by atoms with Crippen LogP contribution in [0.25, 0.3) is 0 Å². The van der Waals surface area contributed by atoms with Crippen molar-refractivity contribution in [3.05, 3.63) is 0 Å². The number of hydrogen-bond donors (Lipinski definition) is 0. The Morgan fingerprint density at radius 1 is 1.17 bits per heavy atom. The average molecular weight is 245 g/mol. The van der Waals surface area contributed by atoms with Gasteiger partial charge in [-0.3, -0.25) is 0 Å². The van der Waals surface area contributed by atoms with Gasteiger partial charge in [-0.25, -0.2) is 0 Å². The van der Waals surface area contributed by atoms with Crippen molar-refractivity contribution in [2.75, 3.05) is 13.2 Å². The Balaban J connectivity index is 1.88. The highest BCUT2D eigenvalue weighted by atomic mass is 79.9. The highest BCUT2D eigenvalue weighted by Gasteiger charge is 2.39. The van der Waals surface area contributed by atoms with Gasteiger partial charge >= 0.3 is 18.2 Å². The molecule has 2 rings (SSSR count). The third kappa shape index (κ3) is 1.98. The molecule has 0 aromatic heterocycles. The van der Waals surface area contributed by atoms with E-state index in [4.69, 9.17) is 9.47 Å². The SMILES string of the molecule is [Br][Mg][CH]1CCC2(CC1)OCCO2. The molecule has 0 N–H and O–H groups in total. The van der Waals surface area contributed by atoms with Crippen LogP contribution in [0.15, 0.2) is 0 Å². The second-order valence-electron chi connectivity index (χ2n) is 3.71. The van der Waals surface area contributed by atoms with Gasteiger partial charge in [-0.2, -0.15) is 0 Å². The van der Waals surface area contributed by atoms with Gasteiger partial charge in [-0.05, 0) is 12.8 Å². The number of rotatable bonds is 1. The van der Waals surface area contributed by atoms with Gasteiger partial charge in [0.25, 0.3) is 0 Å². The molecule has 66 valence electrons. The summed E-state index contributed by atoms with van der Waals surface area (Å²) in [4.78, 5) is 0. The molecule has 12 heavy (non-hydrogen) atoms. The van der Waals surface area contributed by atoms with Gasteiger partial charge in [0, 0.05) is 0 Å². The first-order chi connectivity index (χ1) is 5.85. The maximum atomic E-state index is 5.65. The summed E-state index contributed by atoms with van der Waals surface area (Å²) >= 11 is 3.69. The molecule has 0 radical (unpaired) electrons. The largest absolute Gasteiger partial charge is 0.471 e. The third-order valence-electron chi connectivity index (χ3n) is 2.90. The van der Waals surface area contributed by atoms with Crippen molar-refractivity contribution in [2.45, 2.75) is 35.5 Å².